The zero-order valence-corrected chi connectivity index (χ0v) is 23.1. The summed E-state index contributed by atoms with van der Waals surface area (Å²) < 4.78 is 13.0. The van der Waals surface area contributed by atoms with E-state index in [0.29, 0.717) is 0 Å². The summed E-state index contributed by atoms with van der Waals surface area (Å²) in [6.45, 7) is 0. The van der Waals surface area contributed by atoms with Crippen molar-refractivity contribution >= 4 is 11.0 Å². The molecule has 4 heteroatoms. The molecule has 202 valence electrons. The number of rotatable bonds is 3. The van der Waals surface area contributed by atoms with Crippen LogP contribution in [0, 0.1) is 0 Å². The number of nitrogens with zero attached hydrogens (tertiary/aromatic N) is 2. The fraction of sp³-hybridized carbons (Fsp3) is 0.0256. The van der Waals surface area contributed by atoms with Crippen LogP contribution in [0.5, 0.6) is 23.0 Å². The summed E-state index contributed by atoms with van der Waals surface area (Å²) in [5, 5.41) is 0. The lowest BCUT2D eigenvalue weighted by Gasteiger charge is -2.45. The molecule has 0 bridgehead atoms. The van der Waals surface area contributed by atoms with Crippen molar-refractivity contribution in [1.82, 2.24) is 9.97 Å². The van der Waals surface area contributed by atoms with E-state index in [1.165, 1.54) is 0 Å². The first-order chi connectivity index (χ1) is 21.3. The van der Waals surface area contributed by atoms with E-state index in [2.05, 4.69) is 72.8 Å². The second-order valence-electron chi connectivity index (χ2n) is 10.9. The molecule has 0 spiro atoms. The molecule has 0 fully saturated rings. The maximum Gasteiger partial charge on any atom is 0.135 e. The molecule has 6 aromatic carbocycles. The van der Waals surface area contributed by atoms with Crippen LogP contribution in [0.4, 0.5) is 0 Å². The van der Waals surface area contributed by atoms with Gasteiger partial charge in [-0.1, -0.05) is 109 Å². The van der Waals surface area contributed by atoms with Gasteiger partial charge in [0.15, 0.2) is 0 Å². The fourth-order valence-corrected chi connectivity index (χ4v) is 6.76. The molecule has 0 amide bonds. The Morgan fingerprint density at radius 3 is 1.44 bits per heavy atom. The average molecular weight is 553 g/mol. The van der Waals surface area contributed by atoms with Gasteiger partial charge in [-0.15, -0.1) is 0 Å². The van der Waals surface area contributed by atoms with Crippen LogP contribution in [0.2, 0.25) is 0 Å². The third-order valence-electron chi connectivity index (χ3n) is 8.59. The van der Waals surface area contributed by atoms with Crippen LogP contribution in [0.1, 0.15) is 22.3 Å². The number of aromatic nitrogens is 2. The molecule has 4 nitrogen and oxygen atoms in total. The van der Waals surface area contributed by atoms with Crippen molar-refractivity contribution in [2.45, 2.75) is 5.41 Å². The van der Waals surface area contributed by atoms with Gasteiger partial charge in [-0.3, -0.25) is 0 Å². The third-order valence-corrected chi connectivity index (χ3v) is 8.59. The Bertz CT molecular complexity index is 2120. The van der Waals surface area contributed by atoms with Gasteiger partial charge in [-0.25, -0.2) is 9.97 Å². The Balaban J connectivity index is 1.30. The Morgan fingerprint density at radius 1 is 0.395 bits per heavy atom. The Labute approximate surface area is 248 Å². The van der Waals surface area contributed by atoms with Crippen LogP contribution in [0.25, 0.3) is 33.5 Å². The molecule has 7 aromatic rings. The molecule has 43 heavy (non-hydrogen) atoms. The van der Waals surface area contributed by atoms with Gasteiger partial charge in [0.2, 0.25) is 0 Å². The van der Waals surface area contributed by atoms with E-state index < -0.39 is 5.41 Å². The Morgan fingerprint density at radius 2 is 0.860 bits per heavy atom. The first kappa shape index (κ1) is 23.9. The topological polar surface area (TPSA) is 44.2 Å². The monoisotopic (exact) mass is 552 g/mol. The highest BCUT2D eigenvalue weighted by Crippen LogP contribution is 2.62. The number of para-hydroxylation sites is 4. The minimum Gasteiger partial charge on any atom is -0.457 e. The minimum absolute atomic E-state index is 0.620. The molecule has 0 aliphatic carbocycles. The summed E-state index contributed by atoms with van der Waals surface area (Å²) in [4.78, 5) is 10.2. The summed E-state index contributed by atoms with van der Waals surface area (Å²) in [6, 6.07) is 49.9. The standard InChI is InChI=1S/C39H24N2O2/c1-2-11-25(12-3-1)37-38(41-31-16-7-6-15-30(31)40-37)26-21-23-27(24-22-26)39-28-13-4-8-17-32(28)42-34-19-10-20-35(36(34)39)43-33-18-9-5-14-29(33)39/h1-24H. The lowest BCUT2D eigenvalue weighted by Crippen LogP contribution is -2.36. The molecule has 0 N–H and O–H groups in total. The van der Waals surface area contributed by atoms with Crippen LogP contribution < -0.4 is 9.47 Å². The van der Waals surface area contributed by atoms with Crippen molar-refractivity contribution in [1.29, 1.82) is 0 Å². The highest BCUT2D eigenvalue weighted by molar-refractivity contribution is 5.86. The normalized spacial score (nSPS) is 13.7. The molecule has 0 saturated carbocycles. The van der Waals surface area contributed by atoms with Gasteiger partial charge < -0.3 is 9.47 Å². The molecule has 2 aliphatic heterocycles. The zero-order valence-electron chi connectivity index (χ0n) is 23.1. The number of hydrogen-bond donors (Lipinski definition) is 0. The third kappa shape index (κ3) is 3.44. The minimum atomic E-state index is -0.620. The molecule has 0 saturated heterocycles. The molecule has 0 unspecified atom stereocenters. The van der Waals surface area contributed by atoms with Crippen molar-refractivity contribution in [2.75, 3.05) is 0 Å². The molecule has 1 aromatic heterocycles. The maximum absolute atomic E-state index is 6.49. The molecule has 0 radical (unpaired) electrons. The predicted octanol–water partition coefficient (Wildman–Crippen LogP) is 9.56. The van der Waals surface area contributed by atoms with E-state index in [9.17, 15) is 0 Å². The smallest absolute Gasteiger partial charge is 0.135 e. The zero-order chi connectivity index (χ0) is 28.4. The molecule has 0 atom stereocenters. The Hall–Kier alpha value is -5.74. The van der Waals surface area contributed by atoms with Crippen LogP contribution in [-0.4, -0.2) is 9.97 Å². The van der Waals surface area contributed by atoms with Crippen LogP contribution in [0.3, 0.4) is 0 Å². The van der Waals surface area contributed by atoms with Crippen molar-refractivity contribution in [2.24, 2.45) is 0 Å². The summed E-state index contributed by atoms with van der Waals surface area (Å²) in [5.74, 6) is 3.31. The molecule has 2 aliphatic rings. The fourth-order valence-electron chi connectivity index (χ4n) is 6.76. The van der Waals surface area contributed by atoms with Crippen molar-refractivity contribution in [3.8, 4) is 45.5 Å². The van der Waals surface area contributed by atoms with Gasteiger partial charge >= 0.3 is 0 Å². The maximum atomic E-state index is 6.49. The number of hydrogen-bond acceptors (Lipinski definition) is 4. The van der Waals surface area contributed by atoms with Gasteiger partial charge in [0, 0.05) is 22.3 Å². The van der Waals surface area contributed by atoms with Gasteiger partial charge in [0.1, 0.15) is 23.0 Å². The van der Waals surface area contributed by atoms with E-state index in [1.807, 2.05) is 72.8 Å². The number of fused-ring (bicyclic) bond motifs is 5. The molecular weight excluding hydrogens is 528 g/mol. The van der Waals surface area contributed by atoms with Crippen molar-refractivity contribution < 1.29 is 9.47 Å². The molecular formula is C39H24N2O2. The van der Waals surface area contributed by atoms with E-state index in [1.54, 1.807) is 0 Å². The van der Waals surface area contributed by atoms with Gasteiger partial charge in [0.25, 0.3) is 0 Å². The molecule has 9 rings (SSSR count). The van der Waals surface area contributed by atoms with Crippen molar-refractivity contribution in [3.63, 3.8) is 0 Å². The second kappa shape index (κ2) is 9.13. The first-order valence-corrected chi connectivity index (χ1v) is 14.4. The summed E-state index contributed by atoms with van der Waals surface area (Å²) in [5.41, 5.74) is 9.23. The van der Waals surface area contributed by atoms with Gasteiger partial charge in [-0.2, -0.15) is 0 Å². The average Bonchev–Trinajstić information content (AvgIpc) is 3.08. The lowest BCUT2D eigenvalue weighted by atomic mass is 9.62. The predicted molar refractivity (Wildman–Crippen MR) is 169 cm³/mol. The highest BCUT2D eigenvalue weighted by atomic mass is 16.5. The van der Waals surface area contributed by atoms with E-state index in [-0.39, 0.29) is 0 Å². The van der Waals surface area contributed by atoms with Crippen LogP contribution >= 0.6 is 0 Å². The summed E-state index contributed by atoms with van der Waals surface area (Å²) in [7, 11) is 0. The van der Waals surface area contributed by atoms with Crippen molar-refractivity contribution in [3.05, 3.63) is 168 Å². The second-order valence-corrected chi connectivity index (χ2v) is 10.9. The lowest BCUT2D eigenvalue weighted by molar-refractivity contribution is 0.385. The van der Waals surface area contributed by atoms with E-state index >= 15 is 0 Å². The summed E-state index contributed by atoms with van der Waals surface area (Å²) in [6.07, 6.45) is 0. The Kier molecular flexibility index (Phi) is 5.08. The van der Waals surface area contributed by atoms with Gasteiger partial charge in [-0.05, 0) is 42.0 Å². The largest absolute Gasteiger partial charge is 0.457 e. The first-order valence-electron chi connectivity index (χ1n) is 14.4. The number of benzene rings is 6. The SMILES string of the molecule is c1ccc(-c2nc3ccccc3nc2-c2ccc(C34c5ccccc5Oc5cccc(c53)Oc3ccccc34)cc2)cc1. The van der Waals surface area contributed by atoms with E-state index in [0.717, 1.165) is 78.8 Å². The van der Waals surface area contributed by atoms with Gasteiger partial charge in [0.05, 0.1) is 33.4 Å². The quantitative estimate of drug-likeness (QED) is 0.219. The van der Waals surface area contributed by atoms with E-state index in [4.69, 9.17) is 19.4 Å². The highest BCUT2D eigenvalue weighted by Gasteiger charge is 2.51. The van der Waals surface area contributed by atoms with Crippen LogP contribution in [0.15, 0.2) is 146 Å². The molecule has 3 heterocycles. The summed E-state index contributed by atoms with van der Waals surface area (Å²) >= 11 is 0. The van der Waals surface area contributed by atoms with Crippen LogP contribution in [-0.2, 0) is 5.41 Å². The number of ether oxygens (including phenoxy) is 2.